The Morgan fingerprint density at radius 2 is 1.73 bits per heavy atom. The fourth-order valence-electron chi connectivity index (χ4n) is 3.98. The van der Waals surface area contributed by atoms with Crippen LogP contribution < -0.4 is 10.2 Å². The molecule has 1 heterocycles. The highest BCUT2D eigenvalue weighted by Gasteiger charge is 2.24. The fourth-order valence-corrected chi connectivity index (χ4v) is 4.17. The number of anilines is 2. The van der Waals surface area contributed by atoms with Crippen LogP contribution in [-0.2, 0) is 6.42 Å². The molecule has 3 aromatic rings. The normalized spacial score (nSPS) is 13.6. The molecule has 0 radical (unpaired) electrons. The van der Waals surface area contributed by atoms with E-state index in [2.05, 4.69) is 10.2 Å². The highest BCUT2D eigenvalue weighted by atomic mass is 35.5. The number of nitro benzene ring substituents is 1. The molecular formula is C25H25ClN4O3. The van der Waals surface area contributed by atoms with E-state index >= 15 is 0 Å². The van der Waals surface area contributed by atoms with Gasteiger partial charge in [0, 0.05) is 55.1 Å². The number of hydrogen-bond acceptors (Lipinski definition) is 5. The molecule has 4 rings (SSSR count). The minimum Gasteiger partial charge on any atom is -0.379 e. The summed E-state index contributed by atoms with van der Waals surface area (Å²) in [5.41, 5.74) is 3.21. The van der Waals surface area contributed by atoms with E-state index in [4.69, 9.17) is 11.6 Å². The second-order valence-electron chi connectivity index (χ2n) is 7.91. The third kappa shape index (κ3) is 5.62. The van der Waals surface area contributed by atoms with Crippen molar-refractivity contribution < 1.29 is 9.72 Å². The number of nitrogens with one attached hydrogen (secondary N) is 1. The highest BCUT2D eigenvalue weighted by Crippen LogP contribution is 2.30. The molecule has 8 heteroatoms. The molecule has 170 valence electrons. The number of hydrogen-bond donors (Lipinski definition) is 1. The lowest BCUT2D eigenvalue weighted by atomic mass is 10.1. The summed E-state index contributed by atoms with van der Waals surface area (Å²) in [7, 11) is 0. The van der Waals surface area contributed by atoms with Crippen molar-refractivity contribution in [3.8, 4) is 0 Å². The third-order valence-corrected chi connectivity index (χ3v) is 5.99. The van der Waals surface area contributed by atoms with E-state index in [1.54, 1.807) is 36.4 Å². The van der Waals surface area contributed by atoms with Gasteiger partial charge in [-0.15, -0.1) is 0 Å². The Hall–Kier alpha value is -3.58. The maximum atomic E-state index is 12.8. The van der Waals surface area contributed by atoms with Crippen LogP contribution in [0.15, 0.2) is 72.8 Å². The first-order valence-corrected chi connectivity index (χ1v) is 11.2. The number of amides is 1. The van der Waals surface area contributed by atoms with Crippen molar-refractivity contribution in [1.82, 2.24) is 4.90 Å². The van der Waals surface area contributed by atoms with Crippen LogP contribution in [0.2, 0.25) is 5.02 Å². The number of benzene rings is 3. The summed E-state index contributed by atoms with van der Waals surface area (Å²) in [6, 6.07) is 22.1. The monoisotopic (exact) mass is 464 g/mol. The lowest BCUT2D eigenvalue weighted by molar-refractivity contribution is -0.383. The Morgan fingerprint density at radius 1 is 0.970 bits per heavy atom. The van der Waals surface area contributed by atoms with Gasteiger partial charge in [-0.25, -0.2) is 0 Å². The first kappa shape index (κ1) is 22.6. The van der Waals surface area contributed by atoms with Crippen LogP contribution in [0.5, 0.6) is 0 Å². The Kier molecular flexibility index (Phi) is 7.10. The molecule has 1 aliphatic heterocycles. The molecule has 33 heavy (non-hydrogen) atoms. The van der Waals surface area contributed by atoms with Crippen LogP contribution >= 0.6 is 11.6 Å². The van der Waals surface area contributed by atoms with E-state index in [1.807, 2.05) is 41.3 Å². The lowest BCUT2D eigenvalue weighted by Crippen LogP contribution is -2.48. The van der Waals surface area contributed by atoms with Crippen LogP contribution in [-0.4, -0.2) is 48.5 Å². The number of nitrogens with zero attached hydrogens (tertiary/aromatic N) is 3. The molecule has 0 atom stereocenters. The number of halogens is 1. The zero-order valence-corrected chi connectivity index (χ0v) is 18.9. The van der Waals surface area contributed by atoms with Gasteiger partial charge in [0.25, 0.3) is 11.6 Å². The Balaban J connectivity index is 1.41. The third-order valence-electron chi connectivity index (χ3n) is 5.75. The molecule has 0 aliphatic carbocycles. The van der Waals surface area contributed by atoms with E-state index in [-0.39, 0.29) is 16.5 Å². The van der Waals surface area contributed by atoms with Gasteiger partial charge in [0.05, 0.1) is 4.92 Å². The lowest BCUT2D eigenvalue weighted by Gasteiger charge is -2.36. The minimum absolute atomic E-state index is 0.0379. The van der Waals surface area contributed by atoms with Crippen LogP contribution in [0.25, 0.3) is 0 Å². The smallest absolute Gasteiger partial charge is 0.292 e. The summed E-state index contributed by atoms with van der Waals surface area (Å²) in [6.45, 7) is 3.02. The van der Waals surface area contributed by atoms with Crippen LogP contribution in [0, 0.1) is 10.1 Å². The molecule has 0 bridgehead atoms. The van der Waals surface area contributed by atoms with Crippen LogP contribution in [0.1, 0.15) is 15.9 Å². The molecule has 1 aliphatic rings. The predicted molar refractivity (Wildman–Crippen MR) is 131 cm³/mol. The van der Waals surface area contributed by atoms with Gasteiger partial charge >= 0.3 is 0 Å². The topological polar surface area (TPSA) is 78.7 Å². The van der Waals surface area contributed by atoms with Crippen molar-refractivity contribution in [2.24, 2.45) is 0 Å². The maximum absolute atomic E-state index is 12.8. The molecule has 1 N–H and O–H groups in total. The van der Waals surface area contributed by atoms with Crippen LogP contribution in [0.3, 0.4) is 0 Å². The number of piperazine rings is 1. The van der Waals surface area contributed by atoms with Crippen molar-refractivity contribution in [3.05, 3.63) is 99.1 Å². The summed E-state index contributed by atoms with van der Waals surface area (Å²) in [6.07, 6.45) is 0.770. The minimum atomic E-state index is -0.365. The molecule has 1 fully saturated rings. The molecule has 0 saturated carbocycles. The van der Waals surface area contributed by atoms with Gasteiger partial charge in [-0.3, -0.25) is 14.9 Å². The molecular weight excluding hydrogens is 440 g/mol. The van der Waals surface area contributed by atoms with E-state index in [0.29, 0.717) is 49.0 Å². The SMILES string of the molecule is O=C(c1cccc(Cl)c1)N1CCN(c2ccc([N+](=O)[O-])c(NCCc3ccccc3)c2)CC1. The molecule has 0 aromatic heterocycles. The zero-order chi connectivity index (χ0) is 23.2. The number of nitro groups is 1. The summed E-state index contributed by atoms with van der Waals surface area (Å²) in [4.78, 5) is 27.9. The first-order chi connectivity index (χ1) is 16.0. The summed E-state index contributed by atoms with van der Waals surface area (Å²) in [5.74, 6) is -0.0379. The number of carbonyl (C=O) groups excluding carboxylic acids is 1. The number of rotatable bonds is 7. The van der Waals surface area contributed by atoms with Gasteiger partial charge in [0.2, 0.25) is 0 Å². The number of carbonyl (C=O) groups is 1. The summed E-state index contributed by atoms with van der Waals surface area (Å²) < 4.78 is 0. The largest absolute Gasteiger partial charge is 0.379 e. The molecule has 7 nitrogen and oxygen atoms in total. The molecule has 1 saturated heterocycles. The van der Waals surface area contributed by atoms with Crippen molar-refractivity contribution in [3.63, 3.8) is 0 Å². The average molecular weight is 465 g/mol. The Bertz CT molecular complexity index is 1130. The van der Waals surface area contributed by atoms with Gasteiger partial charge in [-0.05, 0) is 42.3 Å². The standard InChI is InChI=1S/C25H25ClN4O3/c26-21-8-4-7-20(17-21)25(31)29-15-13-28(14-16-29)22-9-10-24(30(32)33)23(18-22)27-12-11-19-5-2-1-3-6-19/h1-10,17-18,27H,11-16H2. The fraction of sp³-hybridized carbons (Fsp3) is 0.240. The quantitative estimate of drug-likeness (QED) is 0.399. The zero-order valence-electron chi connectivity index (χ0n) is 18.1. The van der Waals surface area contributed by atoms with E-state index < -0.39 is 0 Å². The van der Waals surface area contributed by atoms with Gasteiger partial charge in [-0.2, -0.15) is 0 Å². The van der Waals surface area contributed by atoms with Crippen molar-refractivity contribution >= 4 is 34.6 Å². The average Bonchev–Trinajstić information content (AvgIpc) is 2.84. The van der Waals surface area contributed by atoms with Crippen molar-refractivity contribution in [2.75, 3.05) is 42.9 Å². The van der Waals surface area contributed by atoms with E-state index in [9.17, 15) is 14.9 Å². The van der Waals surface area contributed by atoms with Gasteiger partial charge in [-0.1, -0.05) is 48.0 Å². The molecule has 0 spiro atoms. The second-order valence-corrected chi connectivity index (χ2v) is 8.35. The predicted octanol–water partition coefficient (Wildman–Crippen LogP) is 4.87. The van der Waals surface area contributed by atoms with Crippen molar-refractivity contribution in [2.45, 2.75) is 6.42 Å². The molecule has 1 amide bonds. The first-order valence-electron chi connectivity index (χ1n) is 10.9. The van der Waals surface area contributed by atoms with E-state index in [1.165, 1.54) is 5.56 Å². The Morgan fingerprint density at radius 3 is 2.42 bits per heavy atom. The summed E-state index contributed by atoms with van der Waals surface area (Å²) >= 11 is 6.02. The van der Waals surface area contributed by atoms with E-state index in [0.717, 1.165) is 12.1 Å². The van der Waals surface area contributed by atoms with Gasteiger partial charge < -0.3 is 15.1 Å². The second kappa shape index (κ2) is 10.4. The Labute approximate surface area is 197 Å². The van der Waals surface area contributed by atoms with Crippen LogP contribution in [0.4, 0.5) is 17.1 Å². The highest BCUT2D eigenvalue weighted by molar-refractivity contribution is 6.30. The van der Waals surface area contributed by atoms with Gasteiger partial charge in [0.15, 0.2) is 0 Å². The molecule has 0 unspecified atom stereocenters. The van der Waals surface area contributed by atoms with Crippen molar-refractivity contribution in [1.29, 1.82) is 0 Å². The van der Waals surface area contributed by atoms with Gasteiger partial charge in [0.1, 0.15) is 5.69 Å². The maximum Gasteiger partial charge on any atom is 0.292 e. The summed E-state index contributed by atoms with van der Waals surface area (Å²) in [5, 5.41) is 15.3. The molecule has 3 aromatic carbocycles.